The molecule has 0 saturated heterocycles. The molecule has 0 bridgehead atoms. The van der Waals surface area contributed by atoms with Crippen molar-refractivity contribution in [3.8, 4) is 11.5 Å². The van der Waals surface area contributed by atoms with Gasteiger partial charge >= 0.3 is 0 Å². The van der Waals surface area contributed by atoms with Gasteiger partial charge in [-0.2, -0.15) is 0 Å². The van der Waals surface area contributed by atoms with Gasteiger partial charge < -0.3 is 14.8 Å². The van der Waals surface area contributed by atoms with Gasteiger partial charge in [0.15, 0.2) is 11.5 Å². The van der Waals surface area contributed by atoms with Gasteiger partial charge in [-0.05, 0) is 49.9 Å². The molecule has 1 amide bonds. The first-order chi connectivity index (χ1) is 13.2. The van der Waals surface area contributed by atoms with Gasteiger partial charge in [-0.3, -0.25) is 4.79 Å². The van der Waals surface area contributed by atoms with E-state index >= 15 is 0 Å². The van der Waals surface area contributed by atoms with Gasteiger partial charge in [0.25, 0.3) is 5.91 Å². The Morgan fingerprint density at radius 2 is 1.86 bits per heavy atom. The summed E-state index contributed by atoms with van der Waals surface area (Å²) in [6.45, 7) is 2.38. The fourth-order valence-electron chi connectivity index (χ4n) is 2.40. The molecule has 2 aromatic carbocycles. The van der Waals surface area contributed by atoms with E-state index in [-0.39, 0.29) is 22.0 Å². The monoisotopic (exact) mass is 446 g/mol. The first-order valence-corrected chi connectivity index (χ1v) is 10.5. The average molecular weight is 447 g/mol. The highest BCUT2D eigenvalue weighted by Gasteiger charge is 2.18. The maximum absolute atomic E-state index is 12.5. The van der Waals surface area contributed by atoms with Gasteiger partial charge in [0.2, 0.25) is 10.0 Å². The molecule has 0 aliphatic carbocycles. The highest BCUT2D eigenvalue weighted by Crippen LogP contribution is 2.36. The van der Waals surface area contributed by atoms with Crippen molar-refractivity contribution in [2.24, 2.45) is 0 Å². The molecule has 10 heteroatoms. The normalized spacial score (nSPS) is 11.2. The number of methoxy groups -OCH3 is 1. The molecule has 0 radical (unpaired) electrons. The largest absolute Gasteiger partial charge is 0.493 e. The third-order valence-corrected chi connectivity index (χ3v) is 5.81. The van der Waals surface area contributed by atoms with Crippen LogP contribution in [-0.2, 0) is 16.6 Å². The summed E-state index contributed by atoms with van der Waals surface area (Å²) in [4.78, 5) is 12.5. The lowest BCUT2D eigenvalue weighted by molar-refractivity contribution is 0.0951. The number of sulfonamides is 1. The van der Waals surface area contributed by atoms with Crippen molar-refractivity contribution in [2.75, 3.05) is 20.8 Å². The molecule has 2 N–H and O–H groups in total. The number of rotatable bonds is 8. The second-order valence-electron chi connectivity index (χ2n) is 5.57. The molecule has 0 heterocycles. The number of hydrogen-bond donors (Lipinski definition) is 2. The van der Waals surface area contributed by atoms with E-state index in [1.54, 1.807) is 12.1 Å². The SMILES string of the molecule is CCOc1c(Cl)cc(CNC(=O)c2cc(S(=O)(=O)NC)ccc2Cl)cc1OC. The average Bonchev–Trinajstić information content (AvgIpc) is 2.68. The van der Waals surface area contributed by atoms with Gasteiger partial charge in [-0.25, -0.2) is 13.1 Å². The van der Waals surface area contributed by atoms with E-state index in [0.717, 1.165) is 0 Å². The van der Waals surface area contributed by atoms with Crippen molar-refractivity contribution in [1.29, 1.82) is 0 Å². The number of amides is 1. The van der Waals surface area contributed by atoms with Gasteiger partial charge in [-0.15, -0.1) is 0 Å². The molecule has 0 aliphatic heterocycles. The zero-order chi connectivity index (χ0) is 20.9. The van der Waals surface area contributed by atoms with Crippen molar-refractivity contribution < 1.29 is 22.7 Å². The summed E-state index contributed by atoms with van der Waals surface area (Å²) in [5.74, 6) is 0.343. The molecule has 0 fully saturated rings. The molecule has 7 nitrogen and oxygen atoms in total. The van der Waals surface area contributed by atoms with Gasteiger partial charge in [0, 0.05) is 6.54 Å². The van der Waals surface area contributed by atoms with Crippen molar-refractivity contribution in [3.63, 3.8) is 0 Å². The summed E-state index contributed by atoms with van der Waals surface area (Å²) in [5.41, 5.74) is 0.718. The van der Waals surface area contributed by atoms with Crippen LogP contribution in [0.15, 0.2) is 35.2 Å². The fraction of sp³-hybridized carbons (Fsp3) is 0.278. The van der Waals surface area contributed by atoms with Crippen LogP contribution in [0.3, 0.4) is 0 Å². The van der Waals surface area contributed by atoms with Crippen molar-refractivity contribution in [3.05, 3.63) is 51.5 Å². The summed E-state index contributed by atoms with van der Waals surface area (Å²) >= 11 is 12.3. The minimum Gasteiger partial charge on any atom is -0.493 e. The summed E-state index contributed by atoms with van der Waals surface area (Å²) in [6, 6.07) is 7.24. The second-order valence-corrected chi connectivity index (χ2v) is 8.27. The van der Waals surface area contributed by atoms with Crippen molar-refractivity contribution in [1.82, 2.24) is 10.0 Å². The quantitative estimate of drug-likeness (QED) is 0.648. The topological polar surface area (TPSA) is 93.7 Å². The van der Waals surface area contributed by atoms with Crippen LogP contribution in [0.25, 0.3) is 0 Å². The Morgan fingerprint density at radius 3 is 2.46 bits per heavy atom. The maximum atomic E-state index is 12.5. The molecule has 0 spiro atoms. The predicted molar refractivity (Wildman–Crippen MR) is 108 cm³/mol. The number of carbonyl (C=O) groups is 1. The van der Waals surface area contributed by atoms with Crippen molar-refractivity contribution in [2.45, 2.75) is 18.4 Å². The van der Waals surface area contributed by atoms with Crippen molar-refractivity contribution >= 4 is 39.1 Å². The number of carbonyl (C=O) groups excluding carboxylic acids is 1. The van der Waals surface area contributed by atoms with E-state index < -0.39 is 15.9 Å². The first kappa shape index (κ1) is 22.3. The molecule has 0 unspecified atom stereocenters. The Hall–Kier alpha value is -2.00. The molecular weight excluding hydrogens is 427 g/mol. The number of hydrogen-bond acceptors (Lipinski definition) is 5. The van der Waals surface area contributed by atoms with Crippen LogP contribution in [0.2, 0.25) is 10.0 Å². The Labute approximate surface area is 174 Å². The smallest absolute Gasteiger partial charge is 0.253 e. The molecular formula is C18H20Cl2N2O5S. The van der Waals surface area contributed by atoms with Crippen LogP contribution in [0.4, 0.5) is 0 Å². The van der Waals surface area contributed by atoms with E-state index in [1.165, 1.54) is 32.4 Å². The molecule has 0 atom stereocenters. The summed E-state index contributed by atoms with van der Waals surface area (Å²) in [5, 5.41) is 3.18. The molecule has 28 heavy (non-hydrogen) atoms. The molecule has 0 aromatic heterocycles. The summed E-state index contributed by atoms with van der Waals surface area (Å²) in [6.07, 6.45) is 0. The lowest BCUT2D eigenvalue weighted by atomic mass is 10.1. The minimum absolute atomic E-state index is 0.0435. The number of nitrogens with one attached hydrogen (secondary N) is 2. The highest BCUT2D eigenvalue weighted by atomic mass is 35.5. The van der Waals surface area contributed by atoms with E-state index in [0.29, 0.717) is 28.7 Å². The Morgan fingerprint density at radius 1 is 1.14 bits per heavy atom. The van der Waals surface area contributed by atoms with Gasteiger partial charge in [0.1, 0.15) is 0 Å². The van der Waals surface area contributed by atoms with Crippen LogP contribution >= 0.6 is 23.2 Å². The zero-order valence-electron chi connectivity index (χ0n) is 15.5. The zero-order valence-corrected chi connectivity index (χ0v) is 17.8. The maximum Gasteiger partial charge on any atom is 0.253 e. The molecule has 152 valence electrons. The lowest BCUT2D eigenvalue weighted by Crippen LogP contribution is -2.24. The standard InChI is InChI=1S/C18H20Cl2N2O5S/c1-4-27-17-15(20)7-11(8-16(17)26-3)10-22-18(23)13-9-12(5-6-14(13)19)28(24,25)21-2/h5-9,21H,4,10H2,1-3H3,(H,22,23). The molecule has 2 aromatic rings. The lowest BCUT2D eigenvalue weighted by Gasteiger charge is -2.14. The third kappa shape index (κ3) is 5.08. The number of benzene rings is 2. The Balaban J connectivity index is 2.23. The van der Waals surface area contributed by atoms with E-state index in [9.17, 15) is 13.2 Å². The molecule has 0 aliphatic rings. The predicted octanol–water partition coefficient (Wildman–Crippen LogP) is 3.24. The van der Waals surface area contributed by atoms with Crippen LogP contribution in [0, 0.1) is 0 Å². The van der Waals surface area contributed by atoms with Crippen LogP contribution in [0.1, 0.15) is 22.8 Å². The Bertz CT molecular complexity index is 980. The van der Waals surface area contributed by atoms with E-state index in [2.05, 4.69) is 10.0 Å². The number of halogens is 2. The minimum atomic E-state index is -3.70. The van der Waals surface area contributed by atoms with Crippen LogP contribution in [-0.4, -0.2) is 35.1 Å². The fourth-order valence-corrected chi connectivity index (χ4v) is 3.65. The van der Waals surface area contributed by atoms with Crippen LogP contribution in [0.5, 0.6) is 11.5 Å². The van der Waals surface area contributed by atoms with Crippen LogP contribution < -0.4 is 19.5 Å². The number of ether oxygens (including phenoxy) is 2. The highest BCUT2D eigenvalue weighted by molar-refractivity contribution is 7.89. The van der Waals surface area contributed by atoms with Gasteiger partial charge in [0.05, 0.1) is 34.2 Å². The molecule has 2 rings (SSSR count). The Kier molecular flexibility index (Phi) is 7.54. The van der Waals surface area contributed by atoms with Gasteiger partial charge in [-0.1, -0.05) is 23.2 Å². The first-order valence-electron chi connectivity index (χ1n) is 8.24. The van der Waals surface area contributed by atoms with E-state index in [4.69, 9.17) is 32.7 Å². The molecule has 0 saturated carbocycles. The second kappa shape index (κ2) is 9.47. The summed E-state index contributed by atoms with van der Waals surface area (Å²) < 4.78 is 36.8. The van der Waals surface area contributed by atoms with E-state index in [1.807, 2.05) is 6.92 Å². The third-order valence-electron chi connectivity index (χ3n) is 3.79. The summed E-state index contributed by atoms with van der Waals surface area (Å²) in [7, 11) is -0.925.